The normalized spacial score (nSPS) is 20.4. The van der Waals surface area contributed by atoms with E-state index < -0.39 is 10.0 Å². The molecule has 2 heterocycles. The minimum Gasteiger partial charge on any atom is -0.351 e. The van der Waals surface area contributed by atoms with Crippen molar-refractivity contribution in [2.75, 3.05) is 32.4 Å². The van der Waals surface area contributed by atoms with Crippen LogP contribution in [0.3, 0.4) is 0 Å². The Morgan fingerprint density at radius 3 is 2.95 bits per heavy atom. The predicted molar refractivity (Wildman–Crippen MR) is 72.1 cm³/mol. The molecule has 2 aliphatic rings. The van der Waals surface area contributed by atoms with E-state index in [2.05, 4.69) is 15.0 Å². The molecule has 0 saturated heterocycles. The molecule has 0 aliphatic carbocycles. The first kappa shape index (κ1) is 13.8. The number of amides is 1. The van der Waals surface area contributed by atoms with E-state index in [0.29, 0.717) is 31.0 Å². The van der Waals surface area contributed by atoms with Crippen LogP contribution in [0.5, 0.6) is 0 Å². The van der Waals surface area contributed by atoms with Gasteiger partial charge in [-0.2, -0.15) is 0 Å². The van der Waals surface area contributed by atoms with Gasteiger partial charge in [0, 0.05) is 25.8 Å². The third kappa shape index (κ3) is 3.42. The Balaban J connectivity index is 2.06. The van der Waals surface area contributed by atoms with Gasteiger partial charge in [-0.15, -0.1) is 4.40 Å². The number of nitrogens with one attached hydrogen (secondary N) is 2. The van der Waals surface area contributed by atoms with Gasteiger partial charge in [0.05, 0.1) is 11.3 Å². The Kier molecular flexibility index (Phi) is 4.01. The quantitative estimate of drug-likeness (QED) is 0.634. The fourth-order valence-electron chi connectivity index (χ4n) is 1.74. The number of fused-ring (bicyclic) bond motifs is 1. The molecule has 19 heavy (non-hydrogen) atoms. The minimum absolute atomic E-state index is 0.0322. The Labute approximate surface area is 112 Å². The summed E-state index contributed by atoms with van der Waals surface area (Å²) in [7, 11) is -1.54. The third-order valence-corrected chi connectivity index (χ3v) is 3.91. The molecule has 0 atom stereocenters. The van der Waals surface area contributed by atoms with Gasteiger partial charge in [-0.05, 0) is 19.2 Å². The monoisotopic (exact) mass is 284 g/mol. The van der Waals surface area contributed by atoms with E-state index in [1.807, 2.05) is 7.05 Å². The lowest BCUT2D eigenvalue weighted by Gasteiger charge is -2.26. The number of carbonyl (C=O) groups excluding carboxylic acids is 1. The lowest BCUT2D eigenvalue weighted by Crippen LogP contribution is -2.38. The Morgan fingerprint density at radius 2 is 2.21 bits per heavy atom. The zero-order chi connectivity index (χ0) is 13.9. The second kappa shape index (κ2) is 5.54. The van der Waals surface area contributed by atoms with Gasteiger partial charge in [0.1, 0.15) is 5.84 Å². The van der Waals surface area contributed by atoms with Crippen LogP contribution in [-0.4, -0.2) is 57.5 Å². The fourth-order valence-corrected chi connectivity index (χ4v) is 2.71. The molecule has 0 aromatic rings. The minimum atomic E-state index is -3.35. The highest BCUT2D eigenvalue weighted by molar-refractivity contribution is 7.90. The van der Waals surface area contributed by atoms with E-state index in [9.17, 15) is 13.2 Å². The van der Waals surface area contributed by atoms with Crippen molar-refractivity contribution in [3.63, 3.8) is 0 Å². The maximum absolute atomic E-state index is 11.8. The summed E-state index contributed by atoms with van der Waals surface area (Å²) in [4.78, 5) is 13.5. The van der Waals surface area contributed by atoms with Crippen molar-refractivity contribution in [1.29, 1.82) is 0 Å². The first-order valence-corrected chi connectivity index (χ1v) is 7.55. The smallest absolute Gasteiger partial charge is 0.256 e. The number of amidine groups is 1. The van der Waals surface area contributed by atoms with Crippen molar-refractivity contribution < 1.29 is 13.2 Å². The first-order chi connectivity index (χ1) is 9.02. The van der Waals surface area contributed by atoms with Crippen LogP contribution in [-0.2, 0) is 14.8 Å². The molecule has 104 valence electrons. The van der Waals surface area contributed by atoms with Gasteiger partial charge in [-0.25, -0.2) is 8.42 Å². The lowest BCUT2D eigenvalue weighted by molar-refractivity contribution is -0.117. The summed E-state index contributed by atoms with van der Waals surface area (Å²) in [6, 6.07) is 0. The predicted octanol–water partition coefficient (Wildman–Crippen LogP) is -1.18. The van der Waals surface area contributed by atoms with Crippen LogP contribution in [0.1, 0.15) is 0 Å². The van der Waals surface area contributed by atoms with E-state index in [-0.39, 0.29) is 11.7 Å². The highest BCUT2D eigenvalue weighted by Crippen LogP contribution is 2.15. The van der Waals surface area contributed by atoms with Crippen LogP contribution in [0.4, 0.5) is 0 Å². The molecule has 2 aliphatic heterocycles. The Morgan fingerprint density at radius 1 is 1.42 bits per heavy atom. The van der Waals surface area contributed by atoms with Crippen molar-refractivity contribution in [2.24, 2.45) is 4.40 Å². The molecule has 0 saturated carbocycles. The van der Waals surface area contributed by atoms with Crippen LogP contribution in [0.2, 0.25) is 0 Å². The van der Waals surface area contributed by atoms with Crippen LogP contribution < -0.4 is 10.6 Å². The molecule has 7 nitrogen and oxygen atoms in total. The number of likely N-dealkylation sites (N-methyl/N-ethyl adjacent to an activating group) is 1. The van der Waals surface area contributed by atoms with Gasteiger partial charge in [0.15, 0.2) is 0 Å². The standard InChI is InChI=1S/C11H16N4O3S/c1-12-4-5-13-11(16)9-2-3-10-14-19(17,18)7-6-15(10)8-9/h2-3,8,12H,4-7H2,1H3,(H,13,16). The average Bonchev–Trinajstić information content (AvgIpc) is 2.37. The summed E-state index contributed by atoms with van der Waals surface area (Å²) in [5, 5.41) is 5.69. The van der Waals surface area contributed by atoms with Crippen molar-refractivity contribution in [1.82, 2.24) is 15.5 Å². The molecule has 1 amide bonds. The second-order valence-electron chi connectivity index (χ2n) is 4.21. The summed E-state index contributed by atoms with van der Waals surface area (Å²) in [5.74, 6) is 0.146. The fraction of sp³-hybridized carbons (Fsp3) is 0.455. The Hall–Kier alpha value is -1.67. The van der Waals surface area contributed by atoms with Gasteiger partial charge in [0.25, 0.3) is 15.9 Å². The van der Waals surface area contributed by atoms with Crippen LogP contribution in [0, 0.1) is 0 Å². The number of hydrogen-bond donors (Lipinski definition) is 2. The molecule has 0 spiro atoms. The van der Waals surface area contributed by atoms with Crippen molar-refractivity contribution in [2.45, 2.75) is 0 Å². The zero-order valence-electron chi connectivity index (χ0n) is 10.6. The van der Waals surface area contributed by atoms with Crippen LogP contribution in [0.15, 0.2) is 28.3 Å². The number of hydrogen-bond acceptors (Lipinski definition) is 5. The molecule has 0 bridgehead atoms. The maximum atomic E-state index is 11.8. The summed E-state index contributed by atoms with van der Waals surface area (Å²) >= 11 is 0. The van der Waals surface area contributed by atoms with E-state index in [1.54, 1.807) is 23.3 Å². The van der Waals surface area contributed by atoms with Gasteiger partial charge >= 0.3 is 0 Å². The number of sulfonamides is 1. The van der Waals surface area contributed by atoms with E-state index in [4.69, 9.17) is 0 Å². The van der Waals surface area contributed by atoms with Crippen molar-refractivity contribution in [3.8, 4) is 0 Å². The van der Waals surface area contributed by atoms with Crippen LogP contribution in [0.25, 0.3) is 0 Å². The summed E-state index contributed by atoms with van der Waals surface area (Å²) < 4.78 is 26.3. The summed E-state index contributed by atoms with van der Waals surface area (Å²) in [6.07, 6.45) is 4.75. The van der Waals surface area contributed by atoms with E-state index in [1.165, 1.54) is 0 Å². The number of nitrogens with zero attached hydrogens (tertiary/aromatic N) is 2. The molecule has 2 rings (SSSR count). The highest BCUT2D eigenvalue weighted by Gasteiger charge is 2.24. The lowest BCUT2D eigenvalue weighted by atomic mass is 10.2. The van der Waals surface area contributed by atoms with Gasteiger partial charge in [-0.3, -0.25) is 4.79 Å². The van der Waals surface area contributed by atoms with E-state index in [0.717, 1.165) is 0 Å². The molecule has 0 aromatic carbocycles. The van der Waals surface area contributed by atoms with Gasteiger partial charge in [-0.1, -0.05) is 0 Å². The van der Waals surface area contributed by atoms with Gasteiger partial charge in [0.2, 0.25) is 0 Å². The van der Waals surface area contributed by atoms with Crippen molar-refractivity contribution in [3.05, 3.63) is 23.9 Å². The molecule has 8 heteroatoms. The molecule has 0 aromatic heterocycles. The van der Waals surface area contributed by atoms with Gasteiger partial charge < -0.3 is 15.5 Å². The molecule has 2 N–H and O–H groups in total. The zero-order valence-corrected chi connectivity index (χ0v) is 11.4. The largest absolute Gasteiger partial charge is 0.351 e. The topological polar surface area (TPSA) is 90.9 Å². The molecule has 0 fully saturated rings. The maximum Gasteiger partial charge on any atom is 0.256 e. The summed E-state index contributed by atoms with van der Waals surface area (Å²) in [6.45, 7) is 1.55. The first-order valence-electron chi connectivity index (χ1n) is 5.94. The van der Waals surface area contributed by atoms with Crippen LogP contribution >= 0.6 is 0 Å². The SMILES string of the molecule is CNCCNC(=O)C1=CN2CCS(=O)(=O)N=C2C=C1. The van der Waals surface area contributed by atoms with Crippen molar-refractivity contribution >= 4 is 21.8 Å². The molecule has 0 unspecified atom stereocenters. The highest BCUT2D eigenvalue weighted by atomic mass is 32.2. The third-order valence-electron chi connectivity index (χ3n) is 2.75. The average molecular weight is 284 g/mol. The second-order valence-corrected chi connectivity index (χ2v) is 5.96. The van der Waals surface area contributed by atoms with E-state index >= 15 is 0 Å². The molecule has 0 radical (unpaired) electrons. The Bertz CT molecular complexity index is 562. The molecular weight excluding hydrogens is 268 g/mol. The summed E-state index contributed by atoms with van der Waals surface area (Å²) in [5.41, 5.74) is 0.495. The molecular formula is C11H16N4O3S. The number of rotatable bonds is 4. The number of carbonyl (C=O) groups is 1.